The minimum absolute atomic E-state index is 0.0147. The average molecular weight is 436 g/mol. The molecule has 0 unspecified atom stereocenters. The molecule has 10 heteroatoms. The zero-order valence-corrected chi connectivity index (χ0v) is 16.3. The van der Waals surface area contributed by atoms with Gasteiger partial charge in [-0.05, 0) is 48.1 Å². The summed E-state index contributed by atoms with van der Waals surface area (Å²) in [5.74, 6) is -0.288. The van der Waals surface area contributed by atoms with Gasteiger partial charge in [0.1, 0.15) is 5.82 Å². The molecule has 2 N–H and O–H groups in total. The molecule has 27 heavy (non-hydrogen) atoms. The van der Waals surface area contributed by atoms with Gasteiger partial charge in [-0.15, -0.1) is 0 Å². The summed E-state index contributed by atoms with van der Waals surface area (Å²) >= 11 is 3.26. The van der Waals surface area contributed by atoms with Crippen molar-refractivity contribution in [1.82, 2.24) is 9.88 Å². The summed E-state index contributed by atoms with van der Waals surface area (Å²) in [6.07, 6.45) is 1.56. The monoisotopic (exact) mass is 435 g/mol. The maximum atomic E-state index is 12.1. The standard InChI is InChI=1S/C17H18BrN5O4/c1-11-3-5-13(7-14(11)23(26)27)20-16(24)9-22(2)10-17(25)21-15-6-4-12(18)8-19-15/h3-8H,9-10H2,1-2H3,(H,20,24)(H,19,21,25). The molecule has 0 aliphatic rings. The molecule has 0 saturated carbocycles. The first-order valence-electron chi connectivity index (χ1n) is 7.89. The number of carbonyl (C=O) groups excluding carboxylic acids is 2. The fraction of sp³-hybridized carbons (Fsp3) is 0.235. The molecule has 1 heterocycles. The first-order valence-corrected chi connectivity index (χ1v) is 8.68. The number of nitrogens with one attached hydrogen (secondary N) is 2. The molecule has 9 nitrogen and oxygen atoms in total. The van der Waals surface area contributed by atoms with Gasteiger partial charge in [0.05, 0.1) is 18.0 Å². The summed E-state index contributed by atoms with van der Waals surface area (Å²) in [7, 11) is 1.62. The molecular weight excluding hydrogens is 418 g/mol. The highest BCUT2D eigenvalue weighted by Gasteiger charge is 2.14. The van der Waals surface area contributed by atoms with Gasteiger partial charge < -0.3 is 10.6 Å². The lowest BCUT2D eigenvalue weighted by molar-refractivity contribution is -0.385. The van der Waals surface area contributed by atoms with E-state index in [0.717, 1.165) is 4.47 Å². The van der Waals surface area contributed by atoms with Crippen LogP contribution in [-0.2, 0) is 9.59 Å². The molecule has 0 aliphatic heterocycles. The third-order valence-electron chi connectivity index (χ3n) is 3.51. The summed E-state index contributed by atoms with van der Waals surface area (Å²) in [5, 5.41) is 16.2. The van der Waals surface area contributed by atoms with Crippen molar-refractivity contribution in [1.29, 1.82) is 0 Å². The van der Waals surface area contributed by atoms with Gasteiger partial charge in [-0.1, -0.05) is 6.07 Å². The fourth-order valence-corrected chi connectivity index (χ4v) is 2.50. The highest BCUT2D eigenvalue weighted by atomic mass is 79.9. The number of nitro benzene ring substituents is 1. The van der Waals surface area contributed by atoms with E-state index in [1.807, 2.05) is 0 Å². The number of carbonyl (C=O) groups is 2. The smallest absolute Gasteiger partial charge is 0.274 e. The highest BCUT2D eigenvalue weighted by molar-refractivity contribution is 9.10. The van der Waals surface area contributed by atoms with Crippen molar-refractivity contribution in [2.45, 2.75) is 6.92 Å². The number of hydrogen-bond acceptors (Lipinski definition) is 6. The number of anilines is 2. The minimum Gasteiger partial charge on any atom is -0.325 e. The summed E-state index contributed by atoms with van der Waals surface area (Å²) in [6.45, 7) is 1.55. The average Bonchev–Trinajstić information content (AvgIpc) is 2.58. The Morgan fingerprint density at radius 2 is 1.85 bits per heavy atom. The Balaban J connectivity index is 1.86. The predicted molar refractivity (Wildman–Crippen MR) is 105 cm³/mol. The number of nitro groups is 1. The first kappa shape index (κ1) is 20.5. The van der Waals surface area contributed by atoms with E-state index in [9.17, 15) is 19.7 Å². The van der Waals surface area contributed by atoms with Crippen LogP contribution in [0.25, 0.3) is 0 Å². The molecule has 1 aromatic heterocycles. The van der Waals surface area contributed by atoms with E-state index in [-0.39, 0.29) is 30.6 Å². The number of benzene rings is 1. The number of hydrogen-bond donors (Lipinski definition) is 2. The van der Waals surface area contributed by atoms with E-state index in [1.165, 1.54) is 11.0 Å². The quantitative estimate of drug-likeness (QED) is 0.509. The van der Waals surface area contributed by atoms with Crippen molar-refractivity contribution in [3.05, 3.63) is 56.7 Å². The van der Waals surface area contributed by atoms with Crippen molar-refractivity contribution in [2.24, 2.45) is 0 Å². The Morgan fingerprint density at radius 3 is 2.44 bits per heavy atom. The Bertz CT molecular complexity index is 857. The van der Waals surface area contributed by atoms with Gasteiger partial charge >= 0.3 is 0 Å². The van der Waals surface area contributed by atoms with Crippen molar-refractivity contribution in [3.8, 4) is 0 Å². The van der Waals surface area contributed by atoms with E-state index < -0.39 is 4.92 Å². The van der Waals surface area contributed by atoms with Crippen molar-refractivity contribution in [3.63, 3.8) is 0 Å². The van der Waals surface area contributed by atoms with Gasteiger partial charge in [-0.2, -0.15) is 0 Å². The molecule has 1 aromatic carbocycles. The van der Waals surface area contributed by atoms with Crippen LogP contribution in [0.1, 0.15) is 5.56 Å². The predicted octanol–water partition coefficient (Wildman–Crippen LogP) is 2.57. The van der Waals surface area contributed by atoms with Gasteiger partial charge in [-0.25, -0.2) is 4.98 Å². The second kappa shape index (κ2) is 9.19. The normalized spacial score (nSPS) is 10.5. The van der Waals surface area contributed by atoms with Crippen LogP contribution in [-0.4, -0.2) is 46.8 Å². The SMILES string of the molecule is Cc1ccc(NC(=O)CN(C)CC(=O)Nc2ccc(Br)cn2)cc1[N+](=O)[O-]. The summed E-state index contributed by atoms with van der Waals surface area (Å²) in [4.78, 5) is 40.1. The lowest BCUT2D eigenvalue weighted by Crippen LogP contribution is -2.36. The molecule has 0 aliphatic carbocycles. The first-order chi connectivity index (χ1) is 12.7. The molecule has 0 radical (unpaired) electrons. The number of aromatic nitrogens is 1. The number of halogens is 1. The summed E-state index contributed by atoms with van der Waals surface area (Å²) in [5.41, 5.74) is 0.769. The van der Waals surface area contributed by atoms with E-state index in [4.69, 9.17) is 0 Å². The summed E-state index contributed by atoms with van der Waals surface area (Å²) in [6, 6.07) is 7.86. The molecule has 2 aromatic rings. The Morgan fingerprint density at radius 1 is 1.19 bits per heavy atom. The molecular formula is C17H18BrN5O4. The van der Waals surface area contributed by atoms with Crippen LogP contribution in [0, 0.1) is 17.0 Å². The van der Waals surface area contributed by atoms with E-state index in [1.54, 1.807) is 44.4 Å². The number of nitrogens with zero attached hydrogens (tertiary/aromatic N) is 3. The second-order valence-corrected chi connectivity index (χ2v) is 6.80. The number of aryl methyl sites for hydroxylation is 1. The molecule has 0 saturated heterocycles. The van der Waals surface area contributed by atoms with Crippen molar-refractivity contribution >= 4 is 44.9 Å². The maximum Gasteiger partial charge on any atom is 0.274 e. The van der Waals surface area contributed by atoms with Crippen LogP contribution < -0.4 is 10.6 Å². The van der Waals surface area contributed by atoms with Crippen LogP contribution >= 0.6 is 15.9 Å². The number of pyridine rings is 1. The van der Waals surface area contributed by atoms with Crippen LogP contribution in [0.15, 0.2) is 41.0 Å². The molecule has 0 atom stereocenters. The van der Waals surface area contributed by atoms with Gasteiger partial charge in [0.15, 0.2) is 0 Å². The van der Waals surface area contributed by atoms with Crippen molar-refractivity contribution < 1.29 is 14.5 Å². The molecule has 2 rings (SSSR count). The van der Waals surface area contributed by atoms with E-state index >= 15 is 0 Å². The topological polar surface area (TPSA) is 117 Å². The Kier molecular flexibility index (Phi) is 6.97. The van der Waals surface area contributed by atoms with Crippen LogP contribution in [0.4, 0.5) is 17.2 Å². The van der Waals surface area contributed by atoms with Gasteiger partial charge in [0.2, 0.25) is 11.8 Å². The lowest BCUT2D eigenvalue weighted by Gasteiger charge is -2.16. The van der Waals surface area contributed by atoms with Gasteiger partial charge in [0, 0.05) is 28.0 Å². The molecule has 0 bridgehead atoms. The third kappa shape index (κ3) is 6.42. The summed E-state index contributed by atoms with van der Waals surface area (Å²) < 4.78 is 0.797. The molecule has 0 spiro atoms. The third-order valence-corrected chi connectivity index (χ3v) is 3.98. The molecule has 2 amide bonds. The van der Waals surface area contributed by atoms with E-state index in [2.05, 4.69) is 31.5 Å². The van der Waals surface area contributed by atoms with Crippen molar-refractivity contribution in [2.75, 3.05) is 30.8 Å². The zero-order chi connectivity index (χ0) is 20.0. The number of likely N-dealkylation sites (N-methyl/N-ethyl adjacent to an activating group) is 1. The maximum absolute atomic E-state index is 12.1. The minimum atomic E-state index is -0.502. The van der Waals surface area contributed by atoms with Gasteiger partial charge in [-0.3, -0.25) is 24.6 Å². The van der Waals surface area contributed by atoms with Crippen LogP contribution in [0.2, 0.25) is 0 Å². The van der Waals surface area contributed by atoms with E-state index in [0.29, 0.717) is 17.1 Å². The highest BCUT2D eigenvalue weighted by Crippen LogP contribution is 2.22. The van der Waals surface area contributed by atoms with Crippen LogP contribution in [0.3, 0.4) is 0 Å². The fourth-order valence-electron chi connectivity index (χ4n) is 2.26. The number of amides is 2. The Hall–Kier alpha value is -2.85. The molecule has 142 valence electrons. The Labute approximate surface area is 164 Å². The lowest BCUT2D eigenvalue weighted by atomic mass is 10.2. The largest absolute Gasteiger partial charge is 0.325 e. The van der Waals surface area contributed by atoms with Crippen LogP contribution in [0.5, 0.6) is 0 Å². The zero-order valence-electron chi connectivity index (χ0n) is 14.7. The number of rotatable bonds is 7. The molecule has 0 fully saturated rings. The second-order valence-electron chi connectivity index (χ2n) is 5.89. The van der Waals surface area contributed by atoms with Gasteiger partial charge in [0.25, 0.3) is 5.69 Å².